The molecule has 0 bridgehead atoms. The lowest BCUT2D eigenvalue weighted by atomic mass is 10.1. The number of carbonyl (C=O) groups is 1. The van der Waals surface area contributed by atoms with Gasteiger partial charge in [0.05, 0.1) is 18.2 Å². The Balaban J connectivity index is 2.13. The van der Waals surface area contributed by atoms with Gasteiger partial charge < -0.3 is 10.3 Å². The lowest BCUT2D eigenvalue weighted by Crippen LogP contribution is -2.39. The number of rotatable bonds is 5. The van der Waals surface area contributed by atoms with Crippen molar-refractivity contribution in [2.75, 3.05) is 0 Å². The molecular formula is C12H20N4O. The maximum Gasteiger partial charge on any atom is 0.240 e. The number of aromatic nitrogens is 2. The molecule has 0 aromatic carbocycles. The maximum atomic E-state index is 11.6. The highest BCUT2D eigenvalue weighted by Crippen LogP contribution is 2.22. The second-order valence-electron chi connectivity index (χ2n) is 4.59. The van der Waals surface area contributed by atoms with Crippen LogP contribution in [-0.4, -0.2) is 21.5 Å². The standard InChI is InChI=1S/C12H20N4O/c1-2-16-8-14-7-10(16)11(12(13)17)15-9-5-3-4-6-9/h7-9,11,15H,2-6H2,1H3,(H2,13,17). The molecule has 1 heterocycles. The zero-order valence-corrected chi connectivity index (χ0v) is 10.2. The van der Waals surface area contributed by atoms with Gasteiger partial charge in [-0.05, 0) is 19.8 Å². The lowest BCUT2D eigenvalue weighted by Gasteiger charge is -2.21. The third-order valence-electron chi connectivity index (χ3n) is 3.42. The minimum Gasteiger partial charge on any atom is -0.368 e. The number of nitrogens with zero attached hydrogens (tertiary/aromatic N) is 2. The molecule has 0 spiro atoms. The van der Waals surface area contributed by atoms with Crippen molar-refractivity contribution in [3.05, 3.63) is 18.2 Å². The van der Waals surface area contributed by atoms with Crippen molar-refractivity contribution < 1.29 is 4.79 Å². The summed E-state index contributed by atoms with van der Waals surface area (Å²) in [6, 6.07) is -0.00624. The SMILES string of the molecule is CCn1cncc1C(NC1CCCC1)C(N)=O. The molecule has 1 fully saturated rings. The van der Waals surface area contributed by atoms with Crippen LogP contribution in [0.25, 0.3) is 0 Å². The van der Waals surface area contributed by atoms with Gasteiger partial charge in [-0.2, -0.15) is 0 Å². The Bertz CT molecular complexity index is 382. The fourth-order valence-corrected chi connectivity index (χ4v) is 2.48. The first-order valence-corrected chi connectivity index (χ1v) is 6.27. The van der Waals surface area contributed by atoms with Crippen LogP contribution in [0.5, 0.6) is 0 Å². The van der Waals surface area contributed by atoms with Gasteiger partial charge in [0.25, 0.3) is 0 Å². The molecule has 1 aromatic heterocycles. The van der Waals surface area contributed by atoms with Crippen LogP contribution in [0.15, 0.2) is 12.5 Å². The van der Waals surface area contributed by atoms with E-state index in [0.717, 1.165) is 25.1 Å². The monoisotopic (exact) mass is 236 g/mol. The summed E-state index contributed by atoms with van der Waals surface area (Å²) < 4.78 is 1.96. The van der Waals surface area contributed by atoms with E-state index in [1.807, 2.05) is 11.5 Å². The van der Waals surface area contributed by atoms with Gasteiger partial charge in [0.1, 0.15) is 6.04 Å². The molecule has 1 aliphatic carbocycles. The summed E-state index contributed by atoms with van der Waals surface area (Å²) in [5.74, 6) is -0.327. The predicted molar refractivity (Wildman–Crippen MR) is 65.2 cm³/mol. The lowest BCUT2D eigenvalue weighted by molar-refractivity contribution is -0.120. The van der Waals surface area contributed by atoms with Gasteiger partial charge in [-0.1, -0.05) is 12.8 Å². The fraction of sp³-hybridized carbons (Fsp3) is 0.667. The summed E-state index contributed by atoms with van der Waals surface area (Å²) in [5.41, 5.74) is 6.35. The van der Waals surface area contributed by atoms with Crippen LogP contribution in [0.3, 0.4) is 0 Å². The Hall–Kier alpha value is -1.36. The molecule has 0 radical (unpaired) electrons. The third kappa shape index (κ3) is 2.66. The summed E-state index contributed by atoms with van der Waals surface area (Å²) in [5, 5.41) is 3.36. The predicted octanol–water partition coefficient (Wildman–Crippen LogP) is 0.962. The Morgan fingerprint density at radius 3 is 2.94 bits per heavy atom. The highest BCUT2D eigenvalue weighted by atomic mass is 16.1. The fourth-order valence-electron chi connectivity index (χ4n) is 2.48. The number of nitrogens with two attached hydrogens (primary N) is 1. The van der Waals surface area contributed by atoms with Crippen LogP contribution in [0, 0.1) is 0 Å². The number of nitrogens with one attached hydrogen (secondary N) is 1. The zero-order chi connectivity index (χ0) is 12.3. The quantitative estimate of drug-likeness (QED) is 0.799. The largest absolute Gasteiger partial charge is 0.368 e. The van der Waals surface area contributed by atoms with Crippen molar-refractivity contribution in [1.29, 1.82) is 0 Å². The topological polar surface area (TPSA) is 72.9 Å². The van der Waals surface area contributed by atoms with E-state index in [2.05, 4.69) is 10.3 Å². The highest BCUT2D eigenvalue weighted by Gasteiger charge is 2.26. The molecule has 2 rings (SSSR count). The van der Waals surface area contributed by atoms with Crippen molar-refractivity contribution in [3.63, 3.8) is 0 Å². The van der Waals surface area contributed by atoms with Crippen molar-refractivity contribution in [3.8, 4) is 0 Å². The van der Waals surface area contributed by atoms with E-state index in [-0.39, 0.29) is 5.91 Å². The average Bonchev–Trinajstić information content (AvgIpc) is 2.96. The Morgan fingerprint density at radius 2 is 2.35 bits per heavy atom. The number of imidazole rings is 1. The smallest absolute Gasteiger partial charge is 0.240 e. The first kappa shape index (κ1) is 12.1. The Labute approximate surface area is 101 Å². The molecule has 1 unspecified atom stereocenters. The van der Waals surface area contributed by atoms with E-state index in [9.17, 15) is 4.79 Å². The number of primary amides is 1. The molecule has 0 saturated heterocycles. The molecule has 1 aliphatic rings. The summed E-state index contributed by atoms with van der Waals surface area (Å²) in [6.07, 6.45) is 8.18. The van der Waals surface area contributed by atoms with E-state index < -0.39 is 6.04 Å². The van der Waals surface area contributed by atoms with Crippen molar-refractivity contribution in [2.45, 2.75) is 51.2 Å². The number of hydrogen-bond donors (Lipinski definition) is 2. The molecule has 17 heavy (non-hydrogen) atoms. The van der Waals surface area contributed by atoms with E-state index in [1.165, 1.54) is 12.8 Å². The Kier molecular flexibility index (Phi) is 3.78. The van der Waals surface area contributed by atoms with Crippen molar-refractivity contribution >= 4 is 5.91 Å². The number of aryl methyl sites for hydroxylation is 1. The molecule has 1 amide bonds. The van der Waals surface area contributed by atoms with Gasteiger partial charge in [-0.25, -0.2) is 4.98 Å². The first-order valence-electron chi connectivity index (χ1n) is 6.27. The highest BCUT2D eigenvalue weighted by molar-refractivity contribution is 5.81. The number of carbonyl (C=O) groups excluding carboxylic acids is 1. The van der Waals surface area contributed by atoms with Crippen LogP contribution in [0.2, 0.25) is 0 Å². The van der Waals surface area contributed by atoms with Crippen molar-refractivity contribution in [1.82, 2.24) is 14.9 Å². The number of hydrogen-bond acceptors (Lipinski definition) is 3. The van der Waals surface area contributed by atoms with Crippen LogP contribution in [-0.2, 0) is 11.3 Å². The van der Waals surface area contributed by atoms with Gasteiger partial charge in [-0.3, -0.25) is 10.1 Å². The zero-order valence-electron chi connectivity index (χ0n) is 10.2. The normalized spacial score (nSPS) is 18.4. The first-order chi connectivity index (χ1) is 8.22. The van der Waals surface area contributed by atoms with E-state index >= 15 is 0 Å². The summed E-state index contributed by atoms with van der Waals surface area (Å²) in [7, 11) is 0. The van der Waals surface area contributed by atoms with Crippen LogP contribution in [0.4, 0.5) is 0 Å². The summed E-state index contributed by atoms with van der Waals surface area (Å²) in [4.78, 5) is 15.7. The minimum atomic E-state index is -0.416. The van der Waals surface area contributed by atoms with Crippen LogP contribution < -0.4 is 11.1 Å². The average molecular weight is 236 g/mol. The molecular weight excluding hydrogens is 216 g/mol. The minimum absolute atomic E-state index is 0.327. The molecule has 1 aromatic rings. The Morgan fingerprint density at radius 1 is 1.65 bits per heavy atom. The van der Waals surface area contributed by atoms with Gasteiger partial charge in [0.15, 0.2) is 0 Å². The molecule has 3 N–H and O–H groups in total. The van der Waals surface area contributed by atoms with E-state index in [1.54, 1.807) is 12.5 Å². The molecule has 1 saturated carbocycles. The molecule has 1 atom stereocenters. The third-order valence-corrected chi connectivity index (χ3v) is 3.42. The molecule has 5 heteroatoms. The number of amides is 1. The van der Waals surface area contributed by atoms with Gasteiger partial charge >= 0.3 is 0 Å². The molecule has 0 aliphatic heterocycles. The van der Waals surface area contributed by atoms with Gasteiger partial charge in [0.2, 0.25) is 5.91 Å². The van der Waals surface area contributed by atoms with Gasteiger partial charge in [-0.15, -0.1) is 0 Å². The van der Waals surface area contributed by atoms with E-state index in [0.29, 0.717) is 6.04 Å². The van der Waals surface area contributed by atoms with Gasteiger partial charge in [0, 0.05) is 12.6 Å². The summed E-state index contributed by atoms with van der Waals surface area (Å²) in [6.45, 7) is 2.82. The second kappa shape index (κ2) is 5.31. The van der Waals surface area contributed by atoms with Crippen LogP contribution in [0.1, 0.15) is 44.3 Å². The summed E-state index contributed by atoms with van der Waals surface area (Å²) >= 11 is 0. The maximum absolute atomic E-state index is 11.6. The van der Waals surface area contributed by atoms with Crippen molar-refractivity contribution in [2.24, 2.45) is 5.73 Å². The molecule has 5 nitrogen and oxygen atoms in total. The van der Waals surface area contributed by atoms with E-state index in [4.69, 9.17) is 5.73 Å². The molecule has 94 valence electrons. The van der Waals surface area contributed by atoms with Crippen LogP contribution >= 0.6 is 0 Å². The second-order valence-corrected chi connectivity index (χ2v) is 4.59.